The molecule has 1 rings (SSSR count). The highest BCUT2D eigenvalue weighted by molar-refractivity contribution is 5.49. The van der Waals surface area contributed by atoms with Gasteiger partial charge in [0, 0.05) is 0 Å². The van der Waals surface area contributed by atoms with Crippen molar-refractivity contribution < 1.29 is 4.79 Å². The fourth-order valence-corrected chi connectivity index (χ4v) is 1.28. The van der Waals surface area contributed by atoms with Crippen LogP contribution in [0.15, 0.2) is 30.3 Å². The van der Waals surface area contributed by atoms with Crippen LogP contribution in [0.5, 0.6) is 0 Å². The Labute approximate surface area is 86.5 Å². The largest absolute Gasteiger partial charge is 0.307 e. The van der Waals surface area contributed by atoms with Crippen LogP contribution in [0.4, 0.5) is 0 Å². The second kappa shape index (κ2) is 8.24. The minimum atomic E-state index is 1.19. The van der Waals surface area contributed by atoms with E-state index < -0.39 is 0 Å². The van der Waals surface area contributed by atoms with Gasteiger partial charge in [-0.15, -0.1) is 0 Å². The van der Waals surface area contributed by atoms with E-state index in [2.05, 4.69) is 43.3 Å². The summed E-state index contributed by atoms with van der Waals surface area (Å²) in [6.45, 7) is 6.25. The van der Waals surface area contributed by atoms with Crippen LogP contribution in [0.1, 0.15) is 31.4 Å². The zero-order valence-corrected chi connectivity index (χ0v) is 8.99. The lowest BCUT2D eigenvalue weighted by Crippen LogP contribution is -1.81. The monoisotopic (exact) mass is 190 g/mol. The molecule has 0 unspecified atom stereocenters. The van der Waals surface area contributed by atoms with Crippen molar-refractivity contribution >= 4 is 12.9 Å². The Balaban J connectivity index is 0.000000791. The molecule has 0 aliphatic carbocycles. The standard InChI is InChI=1S/C12H16.CH2O/c1-3-5-11-7-9-12(6-4-2)10-8-11;1-2/h3,5,7-10H,4,6H2,1-2H3;1H2/b5-3+;. The summed E-state index contributed by atoms with van der Waals surface area (Å²) in [7, 11) is 0. The first-order valence-corrected chi connectivity index (χ1v) is 4.87. The average molecular weight is 190 g/mol. The molecule has 14 heavy (non-hydrogen) atoms. The average Bonchev–Trinajstić information content (AvgIpc) is 2.25. The Morgan fingerprint density at radius 2 is 1.79 bits per heavy atom. The van der Waals surface area contributed by atoms with E-state index in [0.29, 0.717) is 0 Å². The number of hydrogen-bond donors (Lipinski definition) is 0. The van der Waals surface area contributed by atoms with E-state index >= 15 is 0 Å². The summed E-state index contributed by atoms with van der Waals surface area (Å²) in [6.07, 6.45) is 6.60. The second-order valence-electron chi connectivity index (χ2n) is 2.99. The highest BCUT2D eigenvalue weighted by Crippen LogP contribution is 2.07. The summed E-state index contributed by atoms with van der Waals surface area (Å²) in [5.74, 6) is 0. The molecule has 1 nitrogen and oxygen atoms in total. The molecule has 0 aromatic heterocycles. The van der Waals surface area contributed by atoms with Gasteiger partial charge in [0.05, 0.1) is 0 Å². The van der Waals surface area contributed by atoms with Crippen LogP contribution in [0.2, 0.25) is 0 Å². The maximum atomic E-state index is 8.00. The molecular weight excluding hydrogens is 172 g/mol. The van der Waals surface area contributed by atoms with Crippen molar-refractivity contribution in [2.45, 2.75) is 26.7 Å². The lowest BCUT2D eigenvalue weighted by atomic mass is 10.1. The number of allylic oxidation sites excluding steroid dienone is 1. The van der Waals surface area contributed by atoms with Crippen LogP contribution >= 0.6 is 0 Å². The number of aryl methyl sites for hydroxylation is 1. The Morgan fingerprint density at radius 3 is 2.21 bits per heavy atom. The molecule has 1 aromatic rings. The summed E-state index contributed by atoms with van der Waals surface area (Å²) in [4.78, 5) is 8.00. The van der Waals surface area contributed by atoms with Gasteiger partial charge in [0.15, 0.2) is 0 Å². The van der Waals surface area contributed by atoms with E-state index in [4.69, 9.17) is 4.79 Å². The summed E-state index contributed by atoms with van der Waals surface area (Å²) >= 11 is 0. The third-order valence-corrected chi connectivity index (χ3v) is 1.88. The number of rotatable bonds is 3. The summed E-state index contributed by atoms with van der Waals surface area (Å²) in [5.41, 5.74) is 2.73. The Morgan fingerprint density at radius 1 is 1.21 bits per heavy atom. The van der Waals surface area contributed by atoms with E-state index in [9.17, 15) is 0 Å². The molecule has 0 N–H and O–H groups in total. The van der Waals surface area contributed by atoms with Crippen molar-refractivity contribution in [3.05, 3.63) is 41.5 Å². The van der Waals surface area contributed by atoms with Crippen molar-refractivity contribution in [2.24, 2.45) is 0 Å². The van der Waals surface area contributed by atoms with Crippen molar-refractivity contribution in [2.75, 3.05) is 0 Å². The predicted molar refractivity (Wildman–Crippen MR) is 62.3 cm³/mol. The normalized spacial score (nSPS) is 9.57. The second-order valence-corrected chi connectivity index (χ2v) is 2.99. The van der Waals surface area contributed by atoms with Crippen LogP contribution in [-0.2, 0) is 11.2 Å². The van der Waals surface area contributed by atoms with Gasteiger partial charge in [-0.1, -0.05) is 49.8 Å². The van der Waals surface area contributed by atoms with E-state index in [0.717, 1.165) is 0 Å². The van der Waals surface area contributed by atoms with E-state index in [-0.39, 0.29) is 0 Å². The molecule has 0 aliphatic heterocycles. The van der Waals surface area contributed by atoms with Gasteiger partial charge in [0.2, 0.25) is 0 Å². The third-order valence-electron chi connectivity index (χ3n) is 1.88. The molecule has 0 amide bonds. The lowest BCUT2D eigenvalue weighted by Gasteiger charge is -1.98. The summed E-state index contributed by atoms with van der Waals surface area (Å²) in [6, 6.07) is 8.76. The Hall–Kier alpha value is -1.37. The van der Waals surface area contributed by atoms with Crippen LogP contribution in [-0.4, -0.2) is 6.79 Å². The molecule has 1 aromatic carbocycles. The molecular formula is C13H18O. The predicted octanol–water partition coefficient (Wildman–Crippen LogP) is 3.49. The van der Waals surface area contributed by atoms with Crippen LogP contribution in [0, 0.1) is 0 Å². The van der Waals surface area contributed by atoms with E-state index in [1.807, 2.05) is 13.7 Å². The zero-order valence-electron chi connectivity index (χ0n) is 8.99. The smallest absolute Gasteiger partial charge is 0.106 e. The minimum absolute atomic E-state index is 1.19. The minimum Gasteiger partial charge on any atom is -0.307 e. The van der Waals surface area contributed by atoms with Gasteiger partial charge in [0.25, 0.3) is 0 Å². The van der Waals surface area contributed by atoms with Gasteiger partial charge in [0.1, 0.15) is 6.79 Å². The van der Waals surface area contributed by atoms with Crippen LogP contribution in [0.3, 0.4) is 0 Å². The first-order valence-electron chi connectivity index (χ1n) is 4.87. The van der Waals surface area contributed by atoms with Gasteiger partial charge in [-0.3, -0.25) is 0 Å². The fourth-order valence-electron chi connectivity index (χ4n) is 1.28. The van der Waals surface area contributed by atoms with Gasteiger partial charge in [-0.25, -0.2) is 0 Å². The molecule has 0 saturated heterocycles. The van der Waals surface area contributed by atoms with Crippen molar-refractivity contribution in [1.29, 1.82) is 0 Å². The topological polar surface area (TPSA) is 17.1 Å². The SMILES string of the molecule is C/C=C/c1ccc(CCC)cc1.C=O. The van der Waals surface area contributed by atoms with Crippen LogP contribution in [0.25, 0.3) is 6.08 Å². The molecule has 0 spiro atoms. The maximum Gasteiger partial charge on any atom is 0.106 e. The van der Waals surface area contributed by atoms with Gasteiger partial charge < -0.3 is 4.79 Å². The molecule has 0 radical (unpaired) electrons. The molecule has 1 heteroatoms. The first kappa shape index (κ1) is 12.6. The van der Waals surface area contributed by atoms with Crippen molar-refractivity contribution in [1.82, 2.24) is 0 Å². The van der Waals surface area contributed by atoms with Crippen LogP contribution < -0.4 is 0 Å². The molecule has 0 atom stereocenters. The number of benzene rings is 1. The van der Waals surface area contributed by atoms with Gasteiger partial charge in [-0.05, 0) is 24.5 Å². The summed E-state index contributed by atoms with van der Waals surface area (Å²) in [5, 5.41) is 0. The number of carbonyl (C=O) groups is 1. The highest BCUT2D eigenvalue weighted by atomic mass is 16.1. The van der Waals surface area contributed by atoms with Crippen molar-refractivity contribution in [3.8, 4) is 0 Å². The maximum absolute atomic E-state index is 8.00. The highest BCUT2D eigenvalue weighted by Gasteiger charge is 1.89. The third kappa shape index (κ3) is 4.61. The molecule has 0 fully saturated rings. The number of carbonyl (C=O) groups excluding carboxylic acids is 1. The fraction of sp³-hybridized carbons (Fsp3) is 0.308. The Kier molecular flexibility index (Phi) is 7.43. The quantitative estimate of drug-likeness (QED) is 0.713. The van der Waals surface area contributed by atoms with Crippen molar-refractivity contribution in [3.63, 3.8) is 0 Å². The molecule has 76 valence electrons. The molecule has 0 saturated carbocycles. The summed E-state index contributed by atoms with van der Waals surface area (Å²) < 4.78 is 0. The number of hydrogen-bond acceptors (Lipinski definition) is 1. The Bertz CT molecular complexity index is 259. The van der Waals surface area contributed by atoms with Gasteiger partial charge >= 0.3 is 0 Å². The first-order chi connectivity index (χ1) is 6.86. The lowest BCUT2D eigenvalue weighted by molar-refractivity contribution is -0.0979. The van der Waals surface area contributed by atoms with E-state index in [1.165, 1.54) is 24.0 Å². The van der Waals surface area contributed by atoms with E-state index in [1.54, 1.807) is 0 Å². The molecule has 0 aliphatic rings. The molecule has 0 heterocycles. The van der Waals surface area contributed by atoms with Gasteiger partial charge in [-0.2, -0.15) is 0 Å². The zero-order chi connectivity index (χ0) is 10.8. The molecule has 0 bridgehead atoms.